The molecule has 0 saturated carbocycles. The van der Waals surface area contributed by atoms with Crippen LogP contribution in [0.2, 0.25) is 0 Å². The Bertz CT molecular complexity index is 1080. The van der Waals surface area contributed by atoms with Crippen molar-refractivity contribution in [3.8, 4) is 11.3 Å². The molecule has 0 atom stereocenters. The van der Waals surface area contributed by atoms with Gasteiger partial charge in [-0.25, -0.2) is 9.37 Å². The van der Waals surface area contributed by atoms with Crippen molar-refractivity contribution in [1.82, 2.24) is 14.5 Å². The first kappa shape index (κ1) is 20.6. The van der Waals surface area contributed by atoms with Crippen molar-refractivity contribution in [2.75, 3.05) is 18.4 Å². The van der Waals surface area contributed by atoms with Gasteiger partial charge in [-0.05, 0) is 50.2 Å². The van der Waals surface area contributed by atoms with Crippen LogP contribution in [0, 0.1) is 5.82 Å². The molecule has 0 radical (unpaired) electrons. The number of carbonyl (C=O) groups excluding carboxylic acids is 1. The fourth-order valence-electron chi connectivity index (χ4n) is 3.89. The van der Waals surface area contributed by atoms with Crippen molar-refractivity contribution in [2.24, 2.45) is 5.73 Å². The molecule has 0 saturated heterocycles. The lowest BCUT2D eigenvalue weighted by Gasteiger charge is -2.42. The highest BCUT2D eigenvalue weighted by molar-refractivity contribution is 9.10. The van der Waals surface area contributed by atoms with Gasteiger partial charge >= 0.3 is 0 Å². The Hall–Kier alpha value is -2.71. The van der Waals surface area contributed by atoms with Gasteiger partial charge in [0.15, 0.2) is 0 Å². The first-order valence-electron chi connectivity index (χ1n) is 9.71. The standard InChI is InChI=1S/C22H23BrFN5O/c1-22(2)21-27-19(14-3-5-15(23)6-4-14)20(26-17-9-7-16(24)8-10-17)28(21)11-12-29(22)18(30)13-25/h3-10,26H,11-13,25H2,1-2H3. The molecule has 0 fully saturated rings. The van der Waals surface area contributed by atoms with Crippen LogP contribution in [-0.4, -0.2) is 33.4 Å². The molecule has 2 heterocycles. The van der Waals surface area contributed by atoms with Crippen molar-refractivity contribution in [3.05, 3.63) is 64.6 Å². The molecule has 8 heteroatoms. The molecule has 4 rings (SSSR count). The summed E-state index contributed by atoms with van der Waals surface area (Å²) in [6.07, 6.45) is 0. The van der Waals surface area contributed by atoms with Crippen LogP contribution >= 0.6 is 15.9 Å². The van der Waals surface area contributed by atoms with E-state index < -0.39 is 5.54 Å². The number of nitrogens with one attached hydrogen (secondary N) is 1. The smallest absolute Gasteiger partial charge is 0.237 e. The normalized spacial score (nSPS) is 15.0. The number of anilines is 2. The largest absolute Gasteiger partial charge is 0.340 e. The Balaban J connectivity index is 1.85. The van der Waals surface area contributed by atoms with Crippen LogP contribution in [0.3, 0.4) is 0 Å². The molecule has 0 spiro atoms. The maximum atomic E-state index is 13.4. The first-order chi connectivity index (χ1) is 14.3. The molecule has 0 bridgehead atoms. The summed E-state index contributed by atoms with van der Waals surface area (Å²) in [6, 6.07) is 14.1. The summed E-state index contributed by atoms with van der Waals surface area (Å²) in [6.45, 7) is 5.03. The number of carbonyl (C=O) groups is 1. The average Bonchev–Trinajstić information content (AvgIpc) is 3.09. The number of nitrogens with zero attached hydrogens (tertiary/aromatic N) is 3. The van der Waals surface area contributed by atoms with Gasteiger partial charge in [-0.3, -0.25) is 4.79 Å². The van der Waals surface area contributed by atoms with Gasteiger partial charge in [0.05, 0.1) is 12.1 Å². The number of rotatable bonds is 4. The number of amides is 1. The molecule has 2 aromatic carbocycles. The van der Waals surface area contributed by atoms with Gasteiger partial charge in [0, 0.05) is 28.8 Å². The molecule has 1 amide bonds. The van der Waals surface area contributed by atoms with Crippen LogP contribution in [0.1, 0.15) is 19.7 Å². The monoisotopic (exact) mass is 471 g/mol. The maximum absolute atomic E-state index is 13.4. The molecule has 1 aliphatic rings. The zero-order valence-electron chi connectivity index (χ0n) is 16.8. The fraction of sp³-hybridized carbons (Fsp3) is 0.273. The maximum Gasteiger partial charge on any atom is 0.237 e. The second-order valence-corrected chi connectivity index (χ2v) is 8.65. The van der Waals surface area contributed by atoms with Crippen LogP contribution in [0.25, 0.3) is 11.3 Å². The first-order valence-corrected chi connectivity index (χ1v) is 10.5. The number of hydrogen-bond donors (Lipinski definition) is 2. The van der Waals surface area contributed by atoms with Crippen LogP contribution in [0.15, 0.2) is 53.0 Å². The number of hydrogen-bond acceptors (Lipinski definition) is 4. The zero-order chi connectivity index (χ0) is 21.5. The Kier molecular flexibility index (Phi) is 5.38. The van der Waals surface area contributed by atoms with Gasteiger partial charge < -0.3 is 20.5 Å². The molecule has 6 nitrogen and oxygen atoms in total. The topological polar surface area (TPSA) is 76.2 Å². The summed E-state index contributed by atoms with van der Waals surface area (Å²) < 4.78 is 16.5. The van der Waals surface area contributed by atoms with Gasteiger partial charge in [-0.1, -0.05) is 28.1 Å². The predicted octanol–water partition coefficient (Wildman–Crippen LogP) is 4.23. The number of imidazole rings is 1. The Labute approximate surface area is 183 Å². The minimum Gasteiger partial charge on any atom is -0.340 e. The van der Waals surface area contributed by atoms with Crippen molar-refractivity contribution in [2.45, 2.75) is 25.9 Å². The Morgan fingerprint density at radius 2 is 1.83 bits per heavy atom. The highest BCUT2D eigenvalue weighted by Gasteiger charge is 2.41. The third-order valence-electron chi connectivity index (χ3n) is 5.44. The predicted molar refractivity (Wildman–Crippen MR) is 119 cm³/mol. The minimum absolute atomic E-state index is 0.0373. The number of nitrogens with two attached hydrogens (primary N) is 1. The second kappa shape index (κ2) is 7.85. The summed E-state index contributed by atoms with van der Waals surface area (Å²) in [5.41, 5.74) is 7.49. The summed E-state index contributed by atoms with van der Waals surface area (Å²) >= 11 is 3.47. The van der Waals surface area contributed by atoms with Gasteiger partial charge in [0.25, 0.3) is 0 Å². The second-order valence-electron chi connectivity index (χ2n) is 7.73. The quantitative estimate of drug-likeness (QED) is 0.596. The molecule has 1 aromatic heterocycles. The average molecular weight is 472 g/mol. The molecule has 30 heavy (non-hydrogen) atoms. The van der Waals surface area contributed by atoms with E-state index in [-0.39, 0.29) is 18.3 Å². The van der Waals surface area contributed by atoms with E-state index in [1.165, 1.54) is 12.1 Å². The highest BCUT2D eigenvalue weighted by atomic mass is 79.9. The van der Waals surface area contributed by atoms with Gasteiger partial charge in [0.2, 0.25) is 5.91 Å². The Morgan fingerprint density at radius 3 is 2.47 bits per heavy atom. The third-order valence-corrected chi connectivity index (χ3v) is 5.97. The molecular weight excluding hydrogens is 449 g/mol. The fourth-order valence-corrected chi connectivity index (χ4v) is 4.15. The van der Waals surface area contributed by atoms with Gasteiger partial charge in [-0.15, -0.1) is 0 Å². The van der Waals surface area contributed by atoms with E-state index in [1.807, 2.05) is 38.1 Å². The number of benzene rings is 2. The van der Waals surface area contributed by atoms with Crippen molar-refractivity contribution >= 4 is 33.3 Å². The number of aromatic nitrogens is 2. The molecule has 156 valence electrons. The lowest BCUT2D eigenvalue weighted by molar-refractivity contribution is -0.137. The summed E-state index contributed by atoms with van der Waals surface area (Å²) in [4.78, 5) is 19.2. The number of fused-ring (bicyclic) bond motifs is 1. The highest BCUT2D eigenvalue weighted by Crippen LogP contribution is 2.39. The van der Waals surface area contributed by atoms with Crippen LogP contribution in [-0.2, 0) is 16.9 Å². The molecule has 3 aromatic rings. The lowest BCUT2D eigenvalue weighted by atomic mass is 9.99. The van der Waals surface area contributed by atoms with Crippen molar-refractivity contribution < 1.29 is 9.18 Å². The summed E-state index contributed by atoms with van der Waals surface area (Å²) in [7, 11) is 0. The molecule has 0 aliphatic carbocycles. The van der Waals surface area contributed by atoms with E-state index in [2.05, 4.69) is 25.8 Å². The lowest BCUT2D eigenvalue weighted by Crippen LogP contribution is -2.53. The summed E-state index contributed by atoms with van der Waals surface area (Å²) in [5, 5.41) is 3.41. The summed E-state index contributed by atoms with van der Waals surface area (Å²) in [5.74, 6) is 1.19. The molecule has 1 aliphatic heterocycles. The van der Waals surface area contributed by atoms with E-state index in [0.29, 0.717) is 13.1 Å². The van der Waals surface area contributed by atoms with E-state index in [0.717, 1.165) is 33.1 Å². The Morgan fingerprint density at radius 1 is 1.17 bits per heavy atom. The minimum atomic E-state index is -0.623. The van der Waals surface area contributed by atoms with E-state index >= 15 is 0 Å². The van der Waals surface area contributed by atoms with E-state index in [4.69, 9.17) is 10.7 Å². The van der Waals surface area contributed by atoms with Gasteiger partial charge in [-0.2, -0.15) is 0 Å². The molecule has 0 unspecified atom stereocenters. The number of halogens is 2. The van der Waals surface area contributed by atoms with Crippen LogP contribution in [0.5, 0.6) is 0 Å². The van der Waals surface area contributed by atoms with E-state index in [9.17, 15) is 9.18 Å². The van der Waals surface area contributed by atoms with Crippen molar-refractivity contribution in [1.29, 1.82) is 0 Å². The molecule has 3 N–H and O–H groups in total. The SMILES string of the molecule is CC1(C)c2nc(-c3ccc(Br)cc3)c(Nc3ccc(F)cc3)n2CCN1C(=O)CN. The third kappa shape index (κ3) is 3.61. The van der Waals surface area contributed by atoms with Crippen LogP contribution in [0.4, 0.5) is 15.9 Å². The van der Waals surface area contributed by atoms with E-state index in [1.54, 1.807) is 17.0 Å². The van der Waals surface area contributed by atoms with Crippen LogP contribution < -0.4 is 11.1 Å². The van der Waals surface area contributed by atoms with Gasteiger partial charge in [0.1, 0.15) is 23.2 Å². The zero-order valence-corrected chi connectivity index (χ0v) is 18.4. The van der Waals surface area contributed by atoms with Crippen molar-refractivity contribution in [3.63, 3.8) is 0 Å². The molecular formula is C22H23BrFN5O.